The van der Waals surface area contributed by atoms with E-state index >= 15 is 0 Å². The van der Waals surface area contributed by atoms with Crippen LogP contribution in [-0.4, -0.2) is 47.9 Å². The Morgan fingerprint density at radius 3 is 2.29 bits per heavy atom. The molecule has 0 aromatic heterocycles. The van der Waals surface area contributed by atoms with Crippen LogP contribution in [0, 0.1) is 5.92 Å². The Hall–Kier alpha value is -1.26. The fourth-order valence-electron chi connectivity index (χ4n) is 2.12. The Morgan fingerprint density at radius 1 is 1.24 bits per heavy atom. The largest absolute Gasteiger partial charge is 0.368 e. The van der Waals surface area contributed by atoms with Gasteiger partial charge in [0.1, 0.15) is 6.54 Å². The third-order valence-corrected chi connectivity index (χ3v) is 2.83. The van der Waals surface area contributed by atoms with Crippen molar-refractivity contribution in [3.63, 3.8) is 0 Å². The van der Waals surface area contributed by atoms with E-state index in [2.05, 4.69) is 0 Å². The highest BCUT2D eigenvalue weighted by molar-refractivity contribution is 5.83. The Balaban J connectivity index is 2.60. The molecule has 5 heteroatoms. The highest BCUT2D eigenvalue weighted by atomic mass is 16.2. The topological polar surface area (TPSA) is 66.6 Å². The smallest absolute Gasteiger partial charge is 0.320 e. The van der Waals surface area contributed by atoms with Gasteiger partial charge in [-0.3, -0.25) is 4.79 Å². The molecule has 1 fully saturated rings. The van der Waals surface area contributed by atoms with Gasteiger partial charge in [-0.05, 0) is 25.2 Å². The third kappa shape index (κ3) is 4.63. The fourth-order valence-corrected chi connectivity index (χ4v) is 2.12. The lowest BCUT2D eigenvalue weighted by Gasteiger charge is -2.33. The Bertz CT molecular complexity index is 273. The van der Waals surface area contributed by atoms with Gasteiger partial charge in [-0.2, -0.15) is 0 Å². The lowest BCUT2D eigenvalue weighted by atomic mass is 10.1. The standard InChI is InChI=1S/C12H23N3O2/c1-10(2)8-15(9-11(13)16)12(17)14-6-4-3-5-7-14/h10H,3-9H2,1-2H3,(H2,13,16). The van der Waals surface area contributed by atoms with E-state index in [0.717, 1.165) is 25.9 Å². The van der Waals surface area contributed by atoms with Gasteiger partial charge < -0.3 is 15.5 Å². The van der Waals surface area contributed by atoms with E-state index < -0.39 is 5.91 Å². The van der Waals surface area contributed by atoms with Gasteiger partial charge in [0.05, 0.1) is 0 Å². The monoisotopic (exact) mass is 241 g/mol. The zero-order valence-electron chi connectivity index (χ0n) is 10.8. The van der Waals surface area contributed by atoms with Crippen molar-refractivity contribution in [3.8, 4) is 0 Å². The number of nitrogens with zero attached hydrogens (tertiary/aromatic N) is 2. The predicted octanol–water partition coefficient (Wildman–Crippen LogP) is 1.04. The molecule has 17 heavy (non-hydrogen) atoms. The van der Waals surface area contributed by atoms with Crippen molar-refractivity contribution in [2.24, 2.45) is 11.7 Å². The molecule has 0 aromatic carbocycles. The molecule has 0 radical (unpaired) electrons. The number of carbonyl (C=O) groups excluding carboxylic acids is 2. The van der Waals surface area contributed by atoms with E-state index in [1.165, 1.54) is 6.42 Å². The van der Waals surface area contributed by atoms with Crippen molar-refractivity contribution in [1.29, 1.82) is 0 Å². The molecule has 0 aliphatic carbocycles. The van der Waals surface area contributed by atoms with E-state index in [4.69, 9.17) is 5.73 Å². The maximum atomic E-state index is 12.2. The Kier molecular flexibility index (Phi) is 5.25. The molecule has 0 atom stereocenters. The normalized spacial score (nSPS) is 16.1. The summed E-state index contributed by atoms with van der Waals surface area (Å²) in [5.41, 5.74) is 5.19. The molecular weight excluding hydrogens is 218 g/mol. The molecular formula is C12H23N3O2. The number of hydrogen-bond donors (Lipinski definition) is 1. The van der Waals surface area contributed by atoms with Crippen molar-refractivity contribution < 1.29 is 9.59 Å². The first-order valence-electron chi connectivity index (χ1n) is 6.33. The molecule has 1 aliphatic rings. The van der Waals surface area contributed by atoms with Crippen LogP contribution >= 0.6 is 0 Å². The number of urea groups is 1. The van der Waals surface area contributed by atoms with Gasteiger partial charge in [-0.1, -0.05) is 13.8 Å². The molecule has 1 heterocycles. The lowest BCUT2D eigenvalue weighted by Crippen LogP contribution is -2.49. The number of rotatable bonds is 4. The van der Waals surface area contributed by atoms with Gasteiger partial charge >= 0.3 is 6.03 Å². The first kappa shape index (κ1) is 13.8. The van der Waals surface area contributed by atoms with Crippen LogP contribution in [0.1, 0.15) is 33.1 Å². The summed E-state index contributed by atoms with van der Waals surface area (Å²) in [5, 5.41) is 0. The molecule has 0 bridgehead atoms. The van der Waals surface area contributed by atoms with Crippen LogP contribution in [0.15, 0.2) is 0 Å². The number of piperidine rings is 1. The van der Waals surface area contributed by atoms with Crippen molar-refractivity contribution in [2.45, 2.75) is 33.1 Å². The second kappa shape index (κ2) is 6.47. The number of primary amides is 1. The summed E-state index contributed by atoms with van der Waals surface area (Å²) in [6.45, 7) is 6.25. The first-order chi connectivity index (χ1) is 8.00. The lowest BCUT2D eigenvalue weighted by molar-refractivity contribution is -0.118. The second-order valence-electron chi connectivity index (χ2n) is 5.07. The van der Waals surface area contributed by atoms with Crippen LogP contribution < -0.4 is 5.73 Å². The van der Waals surface area contributed by atoms with Crippen molar-refractivity contribution in [3.05, 3.63) is 0 Å². The van der Waals surface area contributed by atoms with E-state index in [1.54, 1.807) is 4.90 Å². The average molecular weight is 241 g/mol. The summed E-state index contributed by atoms with van der Waals surface area (Å²) in [6.07, 6.45) is 3.29. The van der Waals surface area contributed by atoms with E-state index in [9.17, 15) is 9.59 Å². The van der Waals surface area contributed by atoms with Gasteiger partial charge in [-0.25, -0.2) is 4.79 Å². The van der Waals surface area contributed by atoms with Crippen LogP contribution in [-0.2, 0) is 4.79 Å². The first-order valence-corrected chi connectivity index (χ1v) is 6.33. The highest BCUT2D eigenvalue weighted by Crippen LogP contribution is 2.12. The Morgan fingerprint density at radius 2 is 1.82 bits per heavy atom. The van der Waals surface area contributed by atoms with Crippen molar-refractivity contribution in [1.82, 2.24) is 9.80 Å². The molecule has 0 aromatic rings. The Labute approximate surface area is 103 Å². The summed E-state index contributed by atoms with van der Waals surface area (Å²) >= 11 is 0. The molecule has 3 amide bonds. The van der Waals surface area contributed by atoms with Crippen LogP contribution in [0.4, 0.5) is 4.79 Å². The number of amides is 3. The molecule has 98 valence electrons. The maximum absolute atomic E-state index is 12.2. The van der Waals surface area contributed by atoms with Crippen LogP contribution in [0.3, 0.4) is 0 Å². The summed E-state index contributed by atoms with van der Waals surface area (Å²) < 4.78 is 0. The summed E-state index contributed by atoms with van der Waals surface area (Å²) in [4.78, 5) is 26.6. The number of carbonyl (C=O) groups is 2. The minimum absolute atomic E-state index is 0.0213. The molecule has 0 unspecified atom stereocenters. The summed E-state index contributed by atoms with van der Waals surface area (Å²) in [6, 6.07) is -0.0443. The molecule has 2 N–H and O–H groups in total. The number of nitrogens with two attached hydrogens (primary N) is 1. The van der Waals surface area contributed by atoms with Gasteiger partial charge in [0.15, 0.2) is 0 Å². The zero-order chi connectivity index (χ0) is 12.8. The molecule has 0 spiro atoms. The van der Waals surface area contributed by atoms with Gasteiger partial charge in [0.25, 0.3) is 0 Å². The van der Waals surface area contributed by atoms with Crippen LogP contribution in [0.5, 0.6) is 0 Å². The van der Waals surface area contributed by atoms with E-state index in [-0.39, 0.29) is 12.6 Å². The number of hydrogen-bond acceptors (Lipinski definition) is 2. The summed E-state index contributed by atoms with van der Waals surface area (Å²) in [5.74, 6) is -0.112. The quantitative estimate of drug-likeness (QED) is 0.799. The molecule has 1 aliphatic heterocycles. The van der Waals surface area contributed by atoms with E-state index in [1.807, 2.05) is 18.7 Å². The zero-order valence-corrected chi connectivity index (χ0v) is 10.8. The third-order valence-electron chi connectivity index (χ3n) is 2.83. The van der Waals surface area contributed by atoms with Gasteiger partial charge in [-0.15, -0.1) is 0 Å². The van der Waals surface area contributed by atoms with Gasteiger partial charge in [0, 0.05) is 19.6 Å². The molecule has 1 saturated heterocycles. The molecule has 0 saturated carbocycles. The molecule has 1 rings (SSSR count). The van der Waals surface area contributed by atoms with Gasteiger partial charge in [0.2, 0.25) is 5.91 Å². The average Bonchev–Trinajstić information content (AvgIpc) is 2.27. The minimum Gasteiger partial charge on any atom is -0.368 e. The SMILES string of the molecule is CC(C)CN(CC(N)=O)C(=O)N1CCCCC1. The van der Waals surface area contributed by atoms with Crippen LogP contribution in [0.2, 0.25) is 0 Å². The molecule has 5 nitrogen and oxygen atoms in total. The van der Waals surface area contributed by atoms with E-state index in [0.29, 0.717) is 12.5 Å². The second-order valence-corrected chi connectivity index (χ2v) is 5.07. The maximum Gasteiger partial charge on any atom is 0.320 e. The van der Waals surface area contributed by atoms with Crippen molar-refractivity contribution in [2.75, 3.05) is 26.2 Å². The van der Waals surface area contributed by atoms with Crippen molar-refractivity contribution >= 4 is 11.9 Å². The summed E-state index contributed by atoms with van der Waals surface area (Å²) in [7, 11) is 0. The highest BCUT2D eigenvalue weighted by Gasteiger charge is 2.23. The predicted molar refractivity (Wildman–Crippen MR) is 66.4 cm³/mol. The number of likely N-dealkylation sites (tertiary alicyclic amines) is 1. The minimum atomic E-state index is -0.448. The fraction of sp³-hybridized carbons (Fsp3) is 0.833. The van der Waals surface area contributed by atoms with Crippen LogP contribution in [0.25, 0.3) is 0 Å².